The summed E-state index contributed by atoms with van der Waals surface area (Å²) in [6.07, 6.45) is 1.75. The smallest absolute Gasteiger partial charge is 0.0319 e. The van der Waals surface area contributed by atoms with Gasteiger partial charge in [0.2, 0.25) is 0 Å². The maximum absolute atomic E-state index is 7.00. The number of aliphatic hydroxyl groups excluding tert-OH is 1. The lowest BCUT2D eigenvalue weighted by molar-refractivity contribution is 0.399. The largest absolute Gasteiger partial charge is 0.400 e. The van der Waals surface area contributed by atoms with Crippen molar-refractivity contribution in [3.63, 3.8) is 0 Å². The van der Waals surface area contributed by atoms with Crippen LogP contribution in [0.1, 0.15) is 6.92 Å². The minimum absolute atomic E-state index is 0. The van der Waals surface area contributed by atoms with Crippen LogP contribution in [0, 0.1) is 0 Å². The van der Waals surface area contributed by atoms with Crippen molar-refractivity contribution in [2.75, 3.05) is 7.11 Å². The Hall–Kier alpha value is -0.340. The molecule has 0 amide bonds. The van der Waals surface area contributed by atoms with E-state index in [1.165, 1.54) is 0 Å². The Labute approximate surface area is 39.1 Å². The minimum atomic E-state index is 0. The van der Waals surface area contributed by atoms with Gasteiger partial charge in [0.25, 0.3) is 0 Å². The molecule has 0 aliphatic rings. The Bertz CT molecular complexity index is 15.0. The van der Waals surface area contributed by atoms with Gasteiger partial charge in [-0.15, -0.1) is 6.58 Å². The van der Waals surface area contributed by atoms with E-state index in [0.717, 1.165) is 7.11 Å². The van der Waals surface area contributed by atoms with E-state index in [1.807, 2.05) is 6.92 Å². The summed E-state index contributed by atoms with van der Waals surface area (Å²) in [7, 11) is 1.00. The molecule has 0 heterocycles. The predicted octanol–water partition coefficient (Wildman–Crippen LogP) is 0.963. The molecule has 0 radical (unpaired) electrons. The lowest BCUT2D eigenvalue weighted by atomic mass is 10.8. The second kappa shape index (κ2) is 143. The molecule has 0 atom stereocenters. The molecule has 0 saturated heterocycles. The highest BCUT2D eigenvalue weighted by Crippen LogP contribution is 1.38. The summed E-state index contributed by atoms with van der Waals surface area (Å²) in [6.45, 7) is 5.25. The summed E-state index contributed by atoms with van der Waals surface area (Å²) in [5, 5.41) is 7.00. The molecule has 4 N–H and O–H groups in total. The van der Waals surface area contributed by atoms with Crippen LogP contribution in [0.2, 0.25) is 0 Å². The summed E-state index contributed by atoms with van der Waals surface area (Å²) in [5.74, 6) is 0. The summed E-state index contributed by atoms with van der Waals surface area (Å²) in [5.41, 5.74) is 0. The molecule has 0 aliphatic carbocycles. The molecule has 0 aliphatic heterocycles. The monoisotopic (exact) mass is 91.1 g/mol. The van der Waals surface area contributed by atoms with Crippen molar-refractivity contribution in [2.24, 2.45) is 0 Å². The Morgan fingerprint density at radius 2 is 1.50 bits per heavy atom. The first-order valence-corrected chi connectivity index (χ1v) is 1.43. The Morgan fingerprint density at radius 1 is 1.50 bits per heavy atom. The van der Waals surface area contributed by atoms with Gasteiger partial charge in [0.1, 0.15) is 0 Å². The number of aliphatic hydroxyl groups is 1. The molecule has 0 saturated carbocycles. The minimum Gasteiger partial charge on any atom is -0.400 e. The van der Waals surface area contributed by atoms with Crippen LogP contribution in [0.3, 0.4) is 0 Å². The zero-order chi connectivity index (χ0) is 4.71. The molecule has 40 valence electrons. The van der Waals surface area contributed by atoms with Crippen molar-refractivity contribution in [1.82, 2.24) is 6.15 Å². The molecular formula is C4H13NO. The fourth-order valence-electron chi connectivity index (χ4n) is 0. The molecule has 0 aromatic rings. The Morgan fingerprint density at radius 3 is 1.50 bits per heavy atom. The van der Waals surface area contributed by atoms with Crippen molar-refractivity contribution >= 4 is 0 Å². The van der Waals surface area contributed by atoms with E-state index in [1.54, 1.807) is 6.08 Å². The quantitative estimate of drug-likeness (QED) is 0.436. The first-order valence-electron chi connectivity index (χ1n) is 1.43. The van der Waals surface area contributed by atoms with Crippen molar-refractivity contribution in [1.29, 1.82) is 0 Å². The fourth-order valence-corrected chi connectivity index (χ4v) is 0. The van der Waals surface area contributed by atoms with Crippen LogP contribution in [-0.4, -0.2) is 12.2 Å². The van der Waals surface area contributed by atoms with Crippen LogP contribution < -0.4 is 6.15 Å². The molecule has 0 fully saturated rings. The molecule has 0 aromatic carbocycles. The number of rotatable bonds is 0. The van der Waals surface area contributed by atoms with Gasteiger partial charge in [-0.05, 0) is 6.92 Å². The van der Waals surface area contributed by atoms with E-state index >= 15 is 0 Å². The van der Waals surface area contributed by atoms with E-state index < -0.39 is 0 Å². The van der Waals surface area contributed by atoms with E-state index in [-0.39, 0.29) is 6.15 Å². The van der Waals surface area contributed by atoms with E-state index in [2.05, 4.69) is 6.58 Å². The maximum Gasteiger partial charge on any atom is 0.0319 e. The molecule has 0 aromatic heterocycles. The third-order valence-electron chi connectivity index (χ3n) is 0. The summed E-state index contributed by atoms with van der Waals surface area (Å²) in [4.78, 5) is 0. The molecule has 0 spiro atoms. The molecule has 0 unspecified atom stereocenters. The van der Waals surface area contributed by atoms with Gasteiger partial charge in [0, 0.05) is 7.11 Å². The molecule has 6 heavy (non-hydrogen) atoms. The Kier molecular flexibility index (Phi) is 415. The van der Waals surface area contributed by atoms with Gasteiger partial charge < -0.3 is 11.3 Å². The van der Waals surface area contributed by atoms with E-state index in [9.17, 15) is 0 Å². The number of hydrogen-bond acceptors (Lipinski definition) is 2. The number of hydrogen-bond donors (Lipinski definition) is 2. The average molecular weight is 91.2 g/mol. The highest BCUT2D eigenvalue weighted by molar-refractivity contribution is 4.51. The summed E-state index contributed by atoms with van der Waals surface area (Å²) < 4.78 is 0. The zero-order valence-corrected chi connectivity index (χ0v) is 4.44. The molecular weight excluding hydrogens is 78.0 g/mol. The van der Waals surface area contributed by atoms with Gasteiger partial charge in [-0.25, -0.2) is 0 Å². The predicted molar refractivity (Wildman–Crippen MR) is 29.0 cm³/mol. The van der Waals surface area contributed by atoms with E-state index in [4.69, 9.17) is 5.11 Å². The highest BCUT2D eigenvalue weighted by atomic mass is 16.2. The van der Waals surface area contributed by atoms with Gasteiger partial charge in [0.05, 0.1) is 0 Å². The van der Waals surface area contributed by atoms with Crippen molar-refractivity contribution in [3.8, 4) is 0 Å². The normalized spacial score (nSPS) is 3.17. The zero-order valence-electron chi connectivity index (χ0n) is 4.44. The lowest BCUT2D eigenvalue weighted by Crippen LogP contribution is -1.25. The van der Waals surface area contributed by atoms with Gasteiger partial charge in [-0.2, -0.15) is 0 Å². The highest BCUT2D eigenvalue weighted by Gasteiger charge is 1.15. The average Bonchev–Trinajstić information content (AvgIpc) is 1.46. The third kappa shape index (κ3) is 224. The summed E-state index contributed by atoms with van der Waals surface area (Å²) in [6, 6.07) is 0. The van der Waals surface area contributed by atoms with Gasteiger partial charge in [-0.1, -0.05) is 6.08 Å². The van der Waals surface area contributed by atoms with Gasteiger partial charge in [-0.3, -0.25) is 0 Å². The number of allylic oxidation sites excluding steroid dienone is 1. The van der Waals surface area contributed by atoms with Crippen molar-refractivity contribution in [3.05, 3.63) is 12.7 Å². The van der Waals surface area contributed by atoms with Crippen LogP contribution in [0.15, 0.2) is 12.7 Å². The third-order valence-corrected chi connectivity index (χ3v) is 0. The van der Waals surface area contributed by atoms with E-state index in [0.29, 0.717) is 0 Å². The molecule has 0 rings (SSSR count). The SMILES string of the molecule is C=CC.CO.N. The topological polar surface area (TPSA) is 55.2 Å². The van der Waals surface area contributed by atoms with Crippen LogP contribution in [0.5, 0.6) is 0 Å². The van der Waals surface area contributed by atoms with Crippen LogP contribution in [0.25, 0.3) is 0 Å². The van der Waals surface area contributed by atoms with Crippen LogP contribution in [0.4, 0.5) is 0 Å². The fraction of sp³-hybridized carbons (Fsp3) is 0.500. The first-order chi connectivity index (χ1) is 2.41. The maximum atomic E-state index is 7.00. The van der Waals surface area contributed by atoms with Gasteiger partial charge in [0.15, 0.2) is 0 Å². The molecule has 2 nitrogen and oxygen atoms in total. The van der Waals surface area contributed by atoms with Crippen LogP contribution >= 0.6 is 0 Å². The first kappa shape index (κ1) is 17.4. The molecule has 2 heteroatoms. The molecule has 0 bridgehead atoms. The second-order valence-electron chi connectivity index (χ2n) is 0.408. The summed E-state index contributed by atoms with van der Waals surface area (Å²) >= 11 is 0. The van der Waals surface area contributed by atoms with Gasteiger partial charge >= 0.3 is 0 Å². The standard InChI is InChI=1S/C3H6.CH4O.H3N/c1-3-2;1-2;/h3H,1H2,2H3;2H,1H3;1H3. The van der Waals surface area contributed by atoms with Crippen LogP contribution in [-0.2, 0) is 0 Å². The Balaban J connectivity index is -0.0000000275. The lowest BCUT2D eigenvalue weighted by Gasteiger charge is -1.31. The van der Waals surface area contributed by atoms with Crippen molar-refractivity contribution in [2.45, 2.75) is 6.92 Å². The second-order valence-corrected chi connectivity index (χ2v) is 0.408. The van der Waals surface area contributed by atoms with Crippen molar-refractivity contribution < 1.29 is 5.11 Å².